The fourth-order valence-electron chi connectivity index (χ4n) is 2.90. The van der Waals surface area contributed by atoms with Crippen LogP contribution in [0.5, 0.6) is 0 Å². The first kappa shape index (κ1) is 22.0. The molecule has 0 amide bonds. The quantitative estimate of drug-likeness (QED) is 0.320. The van der Waals surface area contributed by atoms with Crippen LogP contribution in [0, 0.1) is 0 Å². The van der Waals surface area contributed by atoms with Crippen molar-refractivity contribution in [3.63, 3.8) is 0 Å². The lowest BCUT2D eigenvalue weighted by Gasteiger charge is -2.30. The van der Waals surface area contributed by atoms with Gasteiger partial charge in [0.25, 0.3) is 0 Å². The number of hydrogen-bond donors (Lipinski definition) is 3. The molecular formula is C15H24N3O8P-2. The molecule has 1 fully saturated rings. The predicted molar refractivity (Wildman–Crippen MR) is 90.2 cm³/mol. The van der Waals surface area contributed by atoms with Gasteiger partial charge >= 0.3 is 5.69 Å². The Hall–Kier alpha value is -1.33. The summed E-state index contributed by atoms with van der Waals surface area (Å²) in [7, 11) is -5.27. The van der Waals surface area contributed by atoms with Crippen molar-refractivity contribution in [2.75, 3.05) is 12.3 Å². The molecule has 27 heavy (non-hydrogen) atoms. The Morgan fingerprint density at radius 2 is 2.04 bits per heavy atom. The minimum absolute atomic E-state index is 0.0827. The monoisotopic (exact) mass is 405 g/mol. The molecule has 0 radical (unpaired) electrons. The zero-order valence-electron chi connectivity index (χ0n) is 14.9. The second-order valence-electron chi connectivity index (χ2n) is 6.44. The highest BCUT2D eigenvalue weighted by molar-refractivity contribution is 7.43. The minimum atomic E-state index is -5.27. The summed E-state index contributed by atoms with van der Waals surface area (Å²) < 4.78 is 21.0. The van der Waals surface area contributed by atoms with Gasteiger partial charge in [-0.25, -0.2) is 4.79 Å². The van der Waals surface area contributed by atoms with Crippen LogP contribution in [0.4, 0.5) is 5.82 Å². The van der Waals surface area contributed by atoms with Crippen molar-refractivity contribution in [1.82, 2.24) is 9.55 Å². The lowest BCUT2D eigenvalue weighted by molar-refractivity contribution is -0.343. The van der Waals surface area contributed by atoms with Crippen LogP contribution >= 0.6 is 7.82 Å². The van der Waals surface area contributed by atoms with Gasteiger partial charge in [0.05, 0.1) is 14.4 Å². The zero-order valence-corrected chi connectivity index (χ0v) is 15.8. The molecule has 0 unspecified atom stereocenters. The Bertz CT molecular complexity index is 736. The number of nitrogen functional groups attached to an aromatic ring is 1. The molecule has 4 atom stereocenters. The van der Waals surface area contributed by atoms with Gasteiger partial charge in [-0.05, 0) is 12.8 Å². The number of phosphoric acid groups is 1. The Balaban J connectivity index is 2.16. The number of aliphatic hydroxyl groups excluding tert-OH is 2. The molecule has 1 saturated heterocycles. The number of rotatable bonds is 9. The third-order valence-electron chi connectivity index (χ3n) is 4.37. The molecule has 4 N–H and O–H groups in total. The lowest BCUT2D eigenvalue weighted by Crippen LogP contribution is -2.36. The Labute approximate surface area is 156 Å². The molecular weight excluding hydrogens is 381 g/mol. The third kappa shape index (κ3) is 5.82. The molecule has 11 nitrogen and oxygen atoms in total. The molecule has 2 rings (SSSR count). The van der Waals surface area contributed by atoms with Crippen LogP contribution in [-0.2, 0) is 20.2 Å². The number of hydrogen-bond acceptors (Lipinski definition) is 10. The molecule has 1 aromatic heterocycles. The molecule has 12 heteroatoms. The first-order chi connectivity index (χ1) is 12.6. The maximum absolute atomic E-state index is 12.2. The van der Waals surface area contributed by atoms with Crippen molar-refractivity contribution >= 4 is 13.6 Å². The second kappa shape index (κ2) is 9.24. The highest BCUT2D eigenvalue weighted by Crippen LogP contribution is 2.32. The summed E-state index contributed by atoms with van der Waals surface area (Å²) in [5.41, 5.74) is 5.60. The van der Waals surface area contributed by atoms with Crippen LogP contribution in [0.25, 0.3) is 0 Å². The van der Waals surface area contributed by atoms with Gasteiger partial charge in [0.1, 0.15) is 24.1 Å². The van der Waals surface area contributed by atoms with Crippen LogP contribution in [0.1, 0.15) is 44.4 Å². The van der Waals surface area contributed by atoms with Crippen LogP contribution in [0.3, 0.4) is 0 Å². The average Bonchev–Trinajstić information content (AvgIpc) is 2.86. The summed E-state index contributed by atoms with van der Waals surface area (Å²) in [4.78, 5) is 37.0. The molecule has 0 aromatic carbocycles. The smallest absolute Gasteiger partial charge is 0.351 e. The maximum Gasteiger partial charge on any atom is 0.351 e. The van der Waals surface area contributed by atoms with E-state index in [1.54, 1.807) is 0 Å². The van der Waals surface area contributed by atoms with E-state index in [-0.39, 0.29) is 5.82 Å². The van der Waals surface area contributed by atoms with Gasteiger partial charge in [-0.3, -0.25) is 4.57 Å². The summed E-state index contributed by atoms with van der Waals surface area (Å²) in [6, 6.07) is 0. The highest BCUT2D eigenvalue weighted by Gasteiger charge is 2.44. The number of aromatic nitrogens is 2. The minimum Gasteiger partial charge on any atom is -0.790 e. The molecule has 0 bridgehead atoms. The van der Waals surface area contributed by atoms with Crippen molar-refractivity contribution in [3.8, 4) is 0 Å². The van der Waals surface area contributed by atoms with Crippen LogP contribution in [0.15, 0.2) is 11.0 Å². The van der Waals surface area contributed by atoms with Crippen molar-refractivity contribution in [3.05, 3.63) is 22.2 Å². The first-order valence-electron chi connectivity index (χ1n) is 8.69. The van der Waals surface area contributed by atoms with E-state index in [0.29, 0.717) is 12.0 Å². The van der Waals surface area contributed by atoms with Gasteiger partial charge in [0.2, 0.25) is 0 Å². The fourth-order valence-corrected chi connectivity index (χ4v) is 3.23. The van der Waals surface area contributed by atoms with Crippen LogP contribution in [-0.4, -0.2) is 44.7 Å². The number of anilines is 1. The highest BCUT2D eigenvalue weighted by atomic mass is 31.2. The predicted octanol–water partition coefficient (Wildman–Crippen LogP) is -1.59. The molecule has 154 valence electrons. The normalized spacial score (nSPS) is 25.8. The number of nitrogens with zero attached hydrogens (tertiary/aromatic N) is 2. The number of phosphoric ester groups is 1. The Kier molecular flexibility index (Phi) is 7.52. The van der Waals surface area contributed by atoms with Crippen molar-refractivity contribution in [2.45, 2.75) is 63.6 Å². The zero-order chi connectivity index (χ0) is 20.2. The molecule has 1 aromatic rings. The Morgan fingerprint density at radius 3 is 2.67 bits per heavy atom. The summed E-state index contributed by atoms with van der Waals surface area (Å²) >= 11 is 0. The molecule has 0 aliphatic carbocycles. The van der Waals surface area contributed by atoms with Gasteiger partial charge in [-0.1, -0.05) is 26.2 Å². The SMILES string of the molecule is CCCCCCc1cn([C@@H]2O[C@H](COP(=O)([O-])[O-])[C@@H](O)[C@H]2O)c(=O)nc1N. The number of aryl methyl sites for hydroxylation is 1. The third-order valence-corrected chi connectivity index (χ3v) is 4.83. The lowest BCUT2D eigenvalue weighted by atomic mass is 10.1. The van der Waals surface area contributed by atoms with E-state index in [9.17, 15) is 29.4 Å². The van der Waals surface area contributed by atoms with E-state index in [2.05, 4.69) is 16.4 Å². The van der Waals surface area contributed by atoms with Crippen molar-refractivity contribution < 1.29 is 33.8 Å². The van der Waals surface area contributed by atoms with Gasteiger partial charge in [0, 0.05) is 11.8 Å². The van der Waals surface area contributed by atoms with Crippen molar-refractivity contribution in [1.29, 1.82) is 0 Å². The van der Waals surface area contributed by atoms with Gasteiger partial charge in [-0.15, -0.1) is 0 Å². The van der Waals surface area contributed by atoms with E-state index in [4.69, 9.17) is 10.5 Å². The number of unbranched alkanes of at least 4 members (excludes halogenated alkanes) is 3. The van der Waals surface area contributed by atoms with E-state index in [1.807, 2.05) is 0 Å². The van der Waals surface area contributed by atoms with Crippen LogP contribution < -0.4 is 21.2 Å². The first-order valence-corrected chi connectivity index (χ1v) is 10.2. The average molecular weight is 405 g/mol. The van der Waals surface area contributed by atoms with Crippen LogP contribution in [0.2, 0.25) is 0 Å². The standard InChI is InChI=1S/C15H26N3O8P/c1-2-3-4-5-6-9-7-18(15(21)17-13(9)16)14-12(20)11(19)10(26-14)8-25-27(22,23)24/h7,10-12,14,19-20H,2-6,8H2,1H3,(H2,16,17,21)(H2,22,23,24)/p-2/t10-,11-,12-,14-/m1/s1. The largest absolute Gasteiger partial charge is 0.790 e. The summed E-state index contributed by atoms with van der Waals surface area (Å²) in [5.74, 6) is 0.0827. The summed E-state index contributed by atoms with van der Waals surface area (Å²) in [6.07, 6.45) is 0.212. The van der Waals surface area contributed by atoms with Gasteiger partial charge < -0.3 is 39.6 Å². The maximum atomic E-state index is 12.2. The second-order valence-corrected chi connectivity index (χ2v) is 7.59. The Morgan fingerprint density at radius 1 is 1.33 bits per heavy atom. The number of nitrogens with two attached hydrogens (primary N) is 1. The number of ether oxygens (including phenoxy) is 1. The summed E-state index contributed by atoms with van der Waals surface area (Å²) in [5, 5.41) is 20.2. The van der Waals surface area contributed by atoms with E-state index in [0.717, 1.165) is 30.3 Å². The van der Waals surface area contributed by atoms with Crippen molar-refractivity contribution in [2.24, 2.45) is 0 Å². The topological polar surface area (TPSA) is 183 Å². The molecule has 1 aliphatic heterocycles. The molecule has 2 heterocycles. The molecule has 0 spiro atoms. The summed E-state index contributed by atoms with van der Waals surface area (Å²) in [6.45, 7) is 1.30. The molecule has 0 saturated carbocycles. The van der Waals surface area contributed by atoms with Gasteiger partial charge in [0.15, 0.2) is 6.23 Å². The van der Waals surface area contributed by atoms with E-state index < -0.39 is 44.7 Å². The fraction of sp³-hybridized carbons (Fsp3) is 0.733. The number of aliphatic hydroxyl groups is 2. The van der Waals surface area contributed by atoms with E-state index >= 15 is 0 Å². The van der Waals surface area contributed by atoms with Gasteiger partial charge in [-0.2, -0.15) is 4.98 Å². The van der Waals surface area contributed by atoms with E-state index in [1.165, 1.54) is 6.20 Å². The molecule has 1 aliphatic rings.